The van der Waals surface area contributed by atoms with Crippen LogP contribution in [-0.4, -0.2) is 26.9 Å². The van der Waals surface area contributed by atoms with Gasteiger partial charge in [0.05, 0.1) is 0 Å². The van der Waals surface area contributed by atoms with E-state index in [2.05, 4.69) is 55.6 Å². The third kappa shape index (κ3) is 3.26. The lowest BCUT2D eigenvalue weighted by Gasteiger charge is -2.47. The Hall–Kier alpha value is -2.24. The van der Waals surface area contributed by atoms with Crippen LogP contribution in [0.15, 0.2) is 64.9 Å². The minimum absolute atomic E-state index is 0.151. The van der Waals surface area contributed by atoms with E-state index in [4.69, 9.17) is 0 Å². The standard InChI is InChI=1S/C22H23N3OS/c26-22-8-4-7-20-18-10-19(14-24(13-18)12-17-11-23-27-15-17)21(25(20)22)9-16-5-2-1-3-6-16/h1-8,11,15,18-19,21H,9-10,12-14H2/t18-,19+,21+/m1/s1. The Labute approximate surface area is 163 Å². The van der Waals surface area contributed by atoms with Gasteiger partial charge in [-0.25, -0.2) is 4.37 Å². The van der Waals surface area contributed by atoms with E-state index in [0.29, 0.717) is 11.8 Å². The van der Waals surface area contributed by atoms with Crippen molar-refractivity contribution in [1.29, 1.82) is 0 Å². The third-order valence-electron chi connectivity index (χ3n) is 6.05. The molecule has 1 saturated heterocycles. The molecule has 0 aliphatic carbocycles. The highest BCUT2D eigenvalue weighted by Gasteiger charge is 2.40. The van der Waals surface area contributed by atoms with E-state index in [0.717, 1.165) is 26.1 Å². The van der Waals surface area contributed by atoms with Gasteiger partial charge in [-0.05, 0) is 47.5 Å². The molecule has 5 rings (SSSR count). The smallest absolute Gasteiger partial charge is 0.251 e. The van der Waals surface area contributed by atoms with Crippen LogP contribution in [-0.2, 0) is 13.0 Å². The predicted octanol–water partition coefficient (Wildman–Crippen LogP) is 3.71. The van der Waals surface area contributed by atoms with Crippen LogP contribution >= 0.6 is 11.5 Å². The van der Waals surface area contributed by atoms with Crippen molar-refractivity contribution >= 4 is 11.5 Å². The van der Waals surface area contributed by atoms with E-state index in [-0.39, 0.29) is 11.6 Å². The average Bonchev–Trinajstić information content (AvgIpc) is 3.19. The van der Waals surface area contributed by atoms with Gasteiger partial charge in [-0.1, -0.05) is 36.4 Å². The quantitative estimate of drug-likeness (QED) is 0.696. The molecule has 0 amide bonds. The first-order chi connectivity index (χ1) is 13.3. The maximum Gasteiger partial charge on any atom is 0.251 e. The summed E-state index contributed by atoms with van der Waals surface area (Å²) in [5.41, 5.74) is 3.97. The number of hydrogen-bond acceptors (Lipinski definition) is 4. The molecule has 1 aromatic carbocycles. The summed E-state index contributed by atoms with van der Waals surface area (Å²) in [6.07, 6.45) is 4.08. The van der Waals surface area contributed by atoms with Crippen molar-refractivity contribution < 1.29 is 0 Å². The molecule has 2 bridgehead atoms. The second-order valence-corrected chi connectivity index (χ2v) is 8.49. The number of benzene rings is 1. The minimum atomic E-state index is 0.151. The molecule has 4 heterocycles. The number of hydrogen-bond donors (Lipinski definition) is 0. The molecule has 0 radical (unpaired) electrons. The monoisotopic (exact) mass is 377 g/mol. The van der Waals surface area contributed by atoms with Crippen molar-refractivity contribution in [2.75, 3.05) is 13.1 Å². The number of pyridine rings is 1. The van der Waals surface area contributed by atoms with Crippen LogP contribution in [0.3, 0.4) is 0 Å². The van der Waals surface area contributed by atoms with Crippen molar-refractivity contribution in [3.8, 4) is 0 Å². The first-order valence-corrected chi connectivity index (χ1v) is 10.5. The highest BCUT2D eigenvalue weighted by Crippen LogP contribution is 2.42. The van der Waals surface area contributed by atoms with Gasteiger partial charge in [-0.2, -0.15) is 0 Å². The normalized spacial score (nSPS) is 24.5. The molecule has 0 unspecified atom stereocenters. The van der Waals surface area contributed by atoms with Crippen LogP contribution in [0, 0.1) is 5.92 Å². The number of fused-ring (bicyclic) bond motifs is 4. The summed E-state index contributed by atoms with van der Waals surface area (Å²) in [4.78, 5) is 15.3. The second-order valence-electron chi connectivity index (χ2n) is 7.84. The Morgan fingerprint density at radius 3 is 2.74 bits per heavy atom. The Morgan fingerprint density at radius 2 is 1.93 bits per heavy atom. The molecule has 3 atom stereocenters. The van der Waals surface area contributed by atoms with Gasteiger partial charge in [0, 0.05) is 54.9 Å². The summed E-state index contributed by atoms with van der Waals surface area (Å²) in [6, 6.07) is 16.6. The van der Waals surface area contributed by atoms with E-state index in [1.807, 2.05) is 12.3 Å². The largest absolute Gasteiger partial charge is 0.309 e. The van der Waals surface area contributed by atoms with E-state index in [1.165, 1.54) is 34.8 Å². The molecule has 27 heavy (non-hydrogen) atoms. The summed E-state index contributed by atoms with van der Waals surface area (Å²) in [6.45, 7) is 3.02. The van der Waals surface area contributed by atoms with E-state index >= 15 is 0 Å². The molecule has 2 aliphatic heterocycles. The van der Waals surface area contributed by atoms with Gasteiger partial charge in [0.15, 0.2) is 0 Å². The van der Waals surface area contributed by atoms with Gasteiger partial charge in [-0.3, -0.25) is 9.69 Å². The van der Waals surface area contributed by atoms with Crippen molar-refractivity contribution in [3.63, 3.8) is 0 Å². The molecule has 1 fully saturated rings. The Bertz CT molecular complexity index is 967. The van der Waals surface area contributed by atoms with Gasteiger partial charge >= 0.3 is 0 Å². The molecule has 2 aliphatic rings. The molecule has 138 valence electrons. The SMILES string of the molecule is O=c1cccc2n1[C@@H](Cc1ccccc1)[C@H]1C[C@@H]2CN(Cc2cnsc2)C1. The van der Waals surface area contributed by atoms with Crippen molar-refractivity contribution in [1.82, 2.24) is 13.8 Å². The van der Waals surface area contributed by atoms with Crippen LogP contribution in [0.4, 0.5) is 0 Å². The van der Waals surface area contributed by atoms with Crippen molar-refractivity contribution in [2.24, 2.45) is 5.92 Å². The van der Waals surface area contributed by atoms with Crippen LogP contribution in [0.1, 0.15) is 35.2 Å². The summed E-state index contributed by atoms with van der Waals surface area (Å²) in [7, 11) is 0. The van der Waals surface area contributed by atoms with Crippen LogP contribution in [0.25, 0.3) is 0 Å². The van der Waals surface area contributed by atoms with Gasteiger partial charge < -0.3 is 4.57 Å². The van der Waals surface area contributed by atoms with Crippen molar-refractivity contribution in [3.05, 3.63) is 87.3 Å². The summed E-state index contributed by atoms with van der Waals surface area (Å²) < 4.78 is 6.35. The maximum atomic E-state index is 12.8. The molecule has 4 nitrogen and oxygen atoms in total. The first-order valence-electron chi connectivity index (χ1n) is 9.64. The molecule has 0 N–H and O–H groups in total. The summed E-state index contributed by atoms with van der Waals surface area (Å²) >= 11 is 1.52. The lowest BCUT2D eigenvalue weighted by molar-refractivity contribution is 0.0854. The summed E-state index contributed by atoms with van der Waals surface area (Å²) in [5.74, 6) is 0.944. The molecule has 2 aromatic heterocycles. The highest BCUT2D eigenvalue weighted by molar-refractivity contribution is 7.03. The molecule has 0 spiro atoms. The van der Waals surface area contributed by atoms with E-state index < -0.39 is 0 Å². The Kier molecular flexibility index (Phi) is 4.42. The zero-order valence-electron chi connectivity index (χ0n) is 15.2. The average molecular weight is 378 g/mol. The minimum Gasteiger partial charge on any atom is -0.309 e. The fourth-order valence-corrected chi connectivity index (χ4v) is 5.47. The van der Waals surface area contributed by atoms with E-state index in [9.17, 15) is 4.79 Å². The fourth-order valence-electron chi connectivity index (χ4n) is 4.95. The van der Waals surface area contributed by atoms with E-state index in [1.54, 1.807) is 6.07 Å². The van der Waals surface area contributed by atoms with Gasteiger partial charge in [0.25, 0.3) is 5.56 Å². The molecule has 0 saturated carbocycles. The Morgan fingerprint density at radius 1 is 1.04 bits per heavy atom. The van der Waals surface area contributed by atoms with Crippen molar-refractivity contribution in [2.45, 2.75) is 31.3 Å². The predicted molar refractivity (Wildman–Crippen MR) is 108 cm³/mol. The topological polar surface area (TPSA) is 38.1 Å². The number of rotatable bonds is 4. The highest BCUT2D eigenvalue weighted by atomic mass is 32.1. The van der Waals surface area contributed by atoms with Crippen LogP contribution < -0.4 is 5.56 Å². The number of nitrogens with zero attached hydrogens (tertiary/aromatic N) is 3. The molecule has 3 aromatic rings. The lowest BCUT2D eigenvalue weighted by Crippen LogP contribution is -2.49. The number of piperidine rings is 1. The number of likely N-dealkylation sites (tertiary alicyclic amines) is 1. The molecule has 5 heteroatoms. The second kappa shape index (κ2) is 7.06. The van der Waals surface area contributed by atoms with Gasteiger partial charge in [0.2, 0.25) is 0 Å². The maximum absolute atomic E-state index is 12.8. The third-order valence-corrected chi connectivity index (χ3v) is 6.69. The fraction of sp³-hybridized carbons (Fsp3) is 0.364. The Balaban J connectivity index is 1.50. The van der Waals surface area contributed by atoms with Crippen LogP contribution in [0.5, 0.6) is 0 Å². The van der Waals surface area contributed by atoms with Gasteiger partial charge in [-0.15, -0.1) is 0 Å². The molecular formula is C22H23N3OS. The van der Waals surface area contributed by atoms with Crippen LogP contribution in [0.2, 0.25) is 0 Å². The van der Waals surface area contributed by atoms with Gasteiger partial charge in [0.1, 0.15) is 0 Å². The lowest BCUT2D eigenvalue weighted by atomic mass is 9.76. The zero-order chi connectivity index (χ0) is 18.2. The number of aromatic nitrogens is 2. The first kappa shape index (κ1) is 16.9. The summed E-state index contributed by atoms with van der Waals surface area (Å²) in [5, 5.41) is 2.14. The molecular weight excluding hydrogens is 354 g/mol. The zero-order valence-corrected chi connectivity index (χ0v) is 16.0.